The van der Waals surface area contributed by atoms with Crippen LogP contribution < -0.4 is 10.3 Å². The van der Waals surface area contributed by atoms with E-state index in [-0.39, 0.29) is 28.6 Å². The van der Waals surface area contributed by atoms with Crippen LogP contribution in [-0.2, 0) is 17.7 Å². The number of fused-ring (bicyclic) bond motifs is 2. The van der Waals surface area contributed by atoms with E-state index in [1.807, 2.05) is 12.1 Å². The number of ether oxygens (including phenoxy) is 2. The molecule has 3 heterocycles. The minimum Gasteiger partial charge on any atom is -0.404 e. The molecule has 1 N–H and O–H groups in total. The van der Waals surface area contributed by atoms with Crippen LogP contribution in [0.5, 0.6) is 5.75 Å². The van der Waals surface area contributed by atoms with Gasteiger partial charge in [0.2, 0.25) is 0 Å². The minimum absolute atomic E-state index is 0.0756. The summed E-state index contributed by atoms with van der Waals surface area (Å²) in [6, 6.07) is 9.65. The number of hydrogen-bond acceptors (Lipinski definition) is 5. The summed E-state index contributed by atoms with van der Waals surface area (Å²) < 4.78 is 49.1. The number of rotatable bonds is 5. The number of H-pyrrole nitrogens is 1. The highest BCUT2D eigenvalue weighted by Gasteiger charge is 2.32. The molecule has 2 aromatic heterocycles. The predicted molar refractivity (Wildman–Crippen MR) is 120 cm³/mol. The largest absolute Gasteiger partial charge is 0.573 e. The van der Waals surface area contributed by atoms with Gasteiger partial charge in [-0.15, -0.1) is 13.2 Å². The number of aromatic amines is 1. The lowest BCUT2D eigenvalue weighted by atomic mass is 10.1. The Balaban J connectivity index is 1.51. The van der Waals surface area contributed by atoms with Gasteiger partial charge in [-0.2, -0.15) is 5.10 Å². The molecule has 7 nitrogen and oxygen atoms in total. The lowest BCUT2D eigenvalue weighted by molar-refractivity contribution is -0.274. The maximum absolute atomic E-state index is 13.0. The molecule has 1 aliphatic heterocycles. The molecule has 0 bridgehead atoms. The molecule has 1 aliphatic rings. The van der Waals surface area contributed by atoms with Crippen molar-refractivity contribution in [3.05, 3.63) is 63.3 Å². The molecule has 11 heteroatoms. The second-order valence-electron chi connectivity index (χ2n) is 8.18. The fraction of sp³-hybridized carbons (Fsp3) is 0.348. The third kappa shape index (κ3) is 4.74. The summed E-state index contributed by atoms with van der Waals surface area (Å²) in [5, 5.41) is 5.64. The molecular formula is C23H20ClF3N4O3. The molecule has 1 atom stereocenters. The molecule has 178 valence electrons. The monoisotopic (exact) mass is 492 g/mol. The minimum atomic E-state index is -4.87. The lowest BCUT2D eigenvalue weighted by Crippen LogP contribution is -2.33. The van der Waals surface area contributed by atoms with E-state index < -0.39 is 12.1 Å². The van der Waals surface area contributed by atoms with E-state index in [1.165, 1.54) is 10.7 Å². The van der Waals surface area contributed by atoms with E-state index in [1.54, 1.807) is 12.1 Å². The van der Waals surface area contributed by atoms with Crippen molar-refractivity contribution < 1.29 is 22.6 Å². The Kier molecular flexibility index (Phi) is 5.95. The van der Waals surface area contributed by atoms with E-state index in [9.17, 15) is 18.0 Å². The number of hydrogen-bond donors (Lipinski definition) is 1. The average Bonchev–Trinajstić information content (AvgIpc) is 3.18. The SMILES string of the molecule is O=c1c2ccccc2c(Cc2nc3cc(OC(F)(F)F)c(Cl)cc3[nH]2)nn1CC1CCCCO1. The summed E-state index contributed by atoms with van der Waals surface area (Å²) in [7, 11) is 0. The highest BCUT2D eigenvalue weighted by molar-refractivity contribution is 6.32. The number of nitrogens with one attached hydrogen (secondary N) is 1. The second-order valence-corrected chi connectivity index (χ2v) is 8.58. The molecule has 2 aromatic carbocycles. The van der Waals surface area contributed by atoms with Crippen molar-refractivity contribution in [3.63, 3.8) is 0 Å². The molecule has 0 radical (unpaired) electrons. The van der Waals surface area contributed by atoms with Crippen LogP contribution in [0.25, 0.3) is 21.8 Å². The van der Waals surface area contributed by atoms with Gasteiger partial charge in [0.1, 0.15) is 11.6 Å². The summed E-state index contributed by atoms with van der Waals surface area (Å²) in [5.74, 6) is -0.0590. The summed E-state index contributed by atoms with van der Waals surface area (Å²) in [5.41, 5.74) is 1.15. The quantitative estimate of drug-likeness (QED) is 0.424. The van der Waals surface area contributed by atoms with Crippen molar-refractivity contribution in [3.8, 4) is 5.75 Å². The molecule has 1 unspecified atom stereocenters. The first-order chi connectivity index (χ1) is 16.3. The van der Waals surface area contributed by atoms with Crippen molar-refractivity contribution >= 4 is 33.4 Å². The summed E-state index contributed by atoms with van der Waals surface area (Å²) in [4.78, 5) is 20.5. The number of benzene rings is 2. The second kappa shape index (κ2) is 8.92. The van der Waals surface area contributed by atoms with Crippen LogP contribution in [0.4, 0.5) is 13.2 Å². The van der Waals surface area contributed by atoms with Gasteiger partial charge in [-0.25, -0.2) is 9.67 Å². The number of aromatic nitrogens is 4. The molecule has 5 rings (SSSR count). The first-order valence-corrected chi connectivity index (χ1v) is 11.2. The van der Waals surface area contributed by atoms with Crippen LogP contribution in [0, 0.1) is 0 Å². The third-order valence-corrected chi connectivity index (χ3v) is 6.04. The van der Waals surface area contributed by atoms with Crippen molar-refractivity contribution in [2.45, 2.75) is 44.7 Å². The normalized spacial score (nSPS) is 16.9. The Morgan fingerprint density at radius 3 is 2.74 bits per heavy atom. The van der Waals surface area contributed by atoms with Gasteiger partial charge >= 0.3 is 6.36 Å². The van der Waals surface area contributed by atoms with Crippen LogP contribution in [0.1, 0.15) is 30.8 Å². The van der Waals surface area contributed by atoms with Gasteiger partial charge in [0.25, 0.3) is 5.56 Å². The first kappa shape index (κ1) is 22.7. The maximum Gasteiger partial charge on any atom is 0.573 e. The third-order valence-electron chi connectivity index (χ3n) is 5.74. The van der Waals surface area contributed by atoms with Gasteiger partial charge in [0.05, 0.1) is 46.2 Å². The fourth-order valence-electron chi connectivity index (χ4n) is 4.21. The topological polar surface area (TPSA) is 82.0 Å². The van der Waals surface area contributed by atoms with E-state index in [2.05, 4.69) is 19.8 Å². The van der Waals surface area contributed by atoms with E-state index in [0.717, 1.165) is 25.3 Å². The summed E-state index contributed by atoms with van der Waals surface area (Å²) in [6.07, 6.45) is -1.80. The van der Waals surface area contributed by atoms with Crippen molar-refractivity contribution in [1.82, 2.24) is 19.7 Å². The molecule has 0 saturated carbocycles. The van der Waals surface area contributed by atoms with E-state index in [4.69, 9.17) is 16.3 Å². The van der Waals surface area contributed by atoms with Gasteiger partial charge in [0, 0.05) is 18.1 Å². The van der Waals surface area contributed by atoms with Crippen LogP contribution in [0.15, 0.2) is 41.2 Å². The van der Waals surface area contributed by atoms with Crippen LogP contribution in [0.2, 0.25) is 5.02 Å². The number of nitrogens with zero attached hydrogens (tertiary/aromatic N) is 3. The highest BCUT2D eigenvalue weighted by atomic mass is 35.5. The highest BCUT2D eigenvalue weighted by Crippen LogP contribution is 2.33. The molecule has 0 spiro atoms. The Hall–Kier alpha value is -3.11. The molecule has 1 saturated heterocycles. The Bertz CT molecular complexity index is 1410. The van der Waals surface area contributed by atoms with Crippen molar-refractivity contribution in [1.29, 1.82) is 0 Å². The van der Waals surface area contributed by atoms with Gasteiger partial charge in [-0.1, -0.05) is 29.8 Å². The zero-order valence-corrected chi connectivity index (χ0v) is 18.6. The number of halogens is 4. The summed E-state index contributed by atoms with van der Waals surface area (Å²) in [6.45, 7) is 1.02. The van der Waals surface area contributed by atoms with E-state index in [0.29, 0.717) is 41.0 Å². The molecular weight excluding hydrogens is 473 g/mol. The Morgan fingerprint density at radius 1 is 1.21 bits per heavy atom. The number of imidazole rings is 1. The number of alkyl halides is 3. The van der Waals surface area contributed by atoms with Crippen LogP contribution >= 0.6 is 11.6 Å². The fourth-order valence-corrected chi connectivity index (χ4v) is 4.42. The first-order valence-electron chi connectivity index (χ1n) is 10.8. The molecule has 0 amide bonds. The van der Waals surface area contributed by atoms with Crippen molar-refractivity contribution in [2.75, 3.05) is 6.61 Å². The van der Waals surface area contributed by atoms with Gasteiger partial charge in [0.15, 0.2) is 0 Å². The molecule has 0 aliphatic carbocycles. The molecule has 34 heavy (non-hydrogen) atoms. The standard InChI is InChI=1S/C23H20ClF3N4O3/c24-16-9-18-19(10-20(16)34-23(25,26)27)29-21(28-18)11-17-14-6-1-2-7-15(14)22(32)31(30-17)12-13-5-3-4-8-33-13/h1-2,6-7,9-10,13H,3-5,8,11-12H2,(H,28,29). The van der Waals surface area contributed by atoms with Crippen LogP contribution in [0.3, 0.4) is 0 Å². The predicted octanol–water partition coefficient (Wildman–Crippen LogP) is 4.98. The maximum atomic E-state index is 13.0. The smallest absolute Gasteiger partial charge is 0.404 e. The summed E-state index contributed by atoms with van der Waals surface area (Å²) >= 11 is 5.95. The molecule has 4 aromatic rings. The van der Waals surface area contributed by atoms with E-state index >= 15 is 0 Å². The average molecular weight is 493 g/mol. The lowest BCUT2D eigenvalue weighted by Gasteiger charge is -2.23. The Labute approximate surface area is 196 Å². The molecule has 1 fully saturated rings. The van der Waals surface area contributed by atoms with Crippen molar-refractivity contribution in [2.24, 2.45) is 0 Å². The Morgan fingerprint density at radius 2 is 2.00 bits per heavy atom. The van der Waals surface area contributed by atoms with Gasteiger partial charge in [-0.05, 0) is 31.4 Å². The zero-order valence-electron chi connectivity index (χ0n) is 17.9. The van der Waals surface area contributed by atoms with Gasteiger partial charge in [-0.3, -0.25) is 4.79 Å². The zero-order chi connectivity index (χ0) is 23.9. The van der Waals surface area contributed by atoms with Gasteiger partial charge < -0.3 is 14.5 Å². The van der Waals surface area contributed by atoms with Crippen LogP contribution in [-0.4, -0.2) is 38.8 Å².